The van der Waals surface area contributed by atoms with Crippen LogP contribution in [0.5, 0.6) is 11.5 Å². The van der Waals surface area contributed by atoms with E-state index in [2.05, 4.69) is 32.7 Å². The molecule has 7 amide bonds. The van der Waals surface area contributed by atoms with E-state index in [0.29, 0.717) is 17.1 Å². The Morgan fingerprint density at radius 3 is 1.68 bits per heavy atom. The van der Waals surface area contributed by atoms with Crippen LogP contribution < -0.4 is 35.8 Å². The zero-order valence-electron chi connectivity index (χ0n) is 46.7. The van der Waals surface area contributed by atoms with Gasteiger partial charge in [0, 0.05) is 31.0 Å². The van der Waals surface area contributed by atoms with Gasteiger partial charge in [-0.2, -0.15) is 0 Å². The number of nitrogens with one attached hydrogen (secondary N) is 5. The van der Waals surface area contributed by atoms with Crippen molar-refractivity contribution in [3.8, 4) is 33.8 Å². The number of nitrogens with zero attached hydrogens (tertiary/aromatic N) is 2. The van der Waals surface area contributed by atoms with Crippen LogP contribution in [-0.4, -0.2) is 201 Å². The highest BCUT2D eigenvalue weighted by Gasteiger charge is 2.51. The zero-order valence-corrected chi connectivity index (χ0v) is 47.6. The molecular formula is C57H72N7O20P. The van der Waals surface area contributed by atoms with Crippen molar-refractivity contribution in [1.82, 2.24) is 36.4 Å². The summed E-state index contributed by atoms with van der Waals surface area (Å²) in [6.07, 6.45) is -14.1. The van der Waals surface area contributed by atoms with Crippen LogP contribution in [0.25, 0.3) is 22.3 Å². The molecule has 7 rings (SSSR count). The van der Waals surface area contributed by atoms with Gasteiger partial charge in [0.1, 0.15) is 66.1 Å². The second-order valence-electron chi connectivity index (χ2n) is 21.5. The van der Waals surface area contributed by atoms with Gasteiger partial charge in [0.05, 0.1) is 31.0 Å². The molecule has 3 unspecified atom stereocenters. The van der Waals surface area contributed by atoms with E-state index in [9.17, 15) is 88.8 Å². The lowest BCUT2D eigenvalue weighted by molar-refractivity contribution is -0.150. The lowest BCUT2D eigenvalue weighted by Gasteiger charge is -2.35. The Morgan fingerprint density at radius 1 is 0.635 bits per heavy atom. The molecule has 15 atom stereocenters. The minimum atomic E-state index is -5.05. The molecule has 0 saturated carbocycles. The summed E-state index contributed by atoms with van der Waals surface area (Å²) in [4.78, 5) is 120. The van der Waals surface area contributed by atoms with Gasteiger partial charge in [0.25, 0.3) is 5.91 Å². The third-order valence-electron chi connectivity index (χ3n) is 15.0. The Balaban J connectivity index is 1.19. The third kappa shape index (κ3) is 15.9. The number of aliphatic hydroxyl groups excluding tert-OH is 8. The van der Waals surface area contributed by atoms with Gasteiger partial charge in [-0.05, 0) is 84.5 Å². The average Bonchev–Trinajstić information content (AvgIpc) is 3.27. The molecule has 4 aromatic carbocycles. The molecular weight excluding hydrogens is 1130 g/mol. The first kappa shape index (κ1) is 65.1. The number of fused-ring (bicyclic) bond motifs is 2. The molecule has 0 aromatic heterocycles. The predicted molar refractivity (Wildman–Crippen MR) is 300 cm³/mol. The van der Waals surface area contributed by atoms with Gasteiger partial charge < -0.3 is 86.5 Å². The second kappa shape index (κ2) is 28.2. The van der Waals surface area contributed by atoms with E-state index in [-0.39, 0.29) is 16.9 Å². The van der Waals surface area contributed by atoms with Crippen LogP contribution in [0.4, 0.5) is 0 Å². The number of ether oxygens (including phenoxy) is 1. The molecule has 460 valence electrons. The fourth-order valence-corrected chi connectivity index (χ4v) is 10.7. The topological polar surface area (TPSA) is 424 Å². The maximum atomic E-state index is 14.5. The minimum absolute atomic E-state index is 0.0935. The summed E-state index contributed by atoms with van der Waals surface area (Å²) in [5.41, 5.74) is 2.97. The number of phosphoric acid groups is 1. The molecule has 3 heterocycles. The van der Waals surface area contributed by atoms with Crippen LogP contribution in [0.1, 0.15) is 75.4 Å². The number of rotatable bonds is 16. The van der Waals surface area contributed by atoms with Crippen molar-refractivity contribution in [3.63, 3.8) is 0 Å². The molecule has 4 aromatic rings. The van der Waals surface area contributed by atoms with Crippen molar-refractivity contribution < 1.29 is 98.0 Å². The highest BCUT2D eigenvalue weighted by atomic mass is 31.2. The van der Waals surface area contributed by atoms with Crippen molar-refractivity contribution in [2.45, 2.75) is 139 Å². The first-order valence-electron chi connectivity index (χ1n) is 27.5. The molecule has 0 radical (unpaired) electrons. The van der Waals surface area contributed by atoms with Crippen LogP contribution in [0, 0.1) is 5.92 Å². The summed E-state index contributed by atoms with van der Waals surface area (Å²) < 4.78 is 21.8. The van der Waals surface area contributed by atoms with Crippen molar-refractivity contribution in [1.29, 1.82) is 0 Å². The van der Waals surface area contributed by atoms with Crippen molar-refractivity contribution in [2.75, 3.05) is 19.7 Å². The summed E-state index contributed by atoms with van der Waals surface area (Å²) in [7, 11) is -5.05. The molecule has 27 nitrogen and oxygen atoms in total. The van der Waals surface area contributed by atoms with E-state index in [1.165, 1.54) is 19.1 Å². The maximum Gasteiger partial charge on any atom is 0.524 e. The minimum Gasteiger partial charge on any atom is -0.494 e. The highest BCUT2D eigenvalue weighted by molar-refractivity contribution is 7.46. The van der Waals surface area contributed by atoms with Crippen LogP contribution in [0.3, 0.4) is 0 Å². The number of hydrogen-bond donors (Lipinski definition) is 15. The fourth-order valence-electron chi connectivity index (χ4n) is 10.3. The molecule has 3 aliphatic heterocycles. The lowest BCUT2D eigenvalue weighted by atomic mass is 9.96. The smallest absolute Gasteiger partial charge is 0.494 e. The van der Waals surface area contributed by atoms with Gasteiger partial charge in [-0.1, -0.05) is 87.4 Å². The number of amides is 7. The first-order chi connectivity index (χ1) is 40.2. The molecule has 0 bridgehead atoms. The molecule has 85 heavy (non-hydrogen) atoms. The number of carbonyl (C=O) groups excluding carboxylic acids is 7. The van der Waals surface area contributed by atoms with E-state index < -0.39 is 160 Å². The van der Waals surface area contributed by atoms with Crippen LogP contribution in [-0.2, 0) is 33.3 Å². The largest absolute Gasteiger partial charge is 0.524 e. The Labute approximate surface area is 488 Å². The van der Waals surface area contributed by atoms with E-state index >= 15 is 0 Å². The SMILES string of the molecule is CCCCCOc1ccc(-c2ccc(-c3ccc(C(=O)N[C@H]4C(=O)N[C@@H](C(C)O)C(=O)N5C[C@H](O)CC5C(=O)N[C@@H]([C@H](O)[C@@H](O)c5ccc(OP(=O)(O)O)cc5)C(=O)N[C@@H](C(C)O)C(=O)N5C[C@H](C)[C@H](O)[C@H]5C(=O)N[C@H](O)[C@H]4O)cc3)cc2)cc1. The monoisotopic (exact) mass is 1210 g/mol. The van der Waals surface area contributed by atoms with Crippen LogP contribution in [0.15, 0.2) is 97.1 Å². The Hall–Kier alpha value is -7.40. The molecule has 28 heteroatoms. The van der Waals surface area contributed by atoms with Gasteiger partial charge in [-0.3, -0.25) is 43.3 Å². The normalized spacial score (nSPS) is 27.0. The van der Waals surface area contributed by atoms with E-state index in [0.717, 1.165) is 84.7 Å². The van der Waals surface area contributed by atoms with Gasteiger partial charge in [0.15, 0.2) is 6.23 Å². The number of unbranched alkanes of at least 4 members (excludes halogenated alkanes) is 2. The summed E-state index contributed by atoms with van der Waals surface area (Å²) in [6, 6.07) is 12.7. The number of aliphatic hydroxyl groups is 8. The fraction of sp³-hybridized carbons (Fsp3) is 0.456. The molecule has 0 spiro atoms. The summed E-state index contributed by atoms with van der Waals surface area (Å²) in [5, 5.41) is 102. The van der Waals surface area contributed by atoms with Gasteiger partial charge >= 0.3 is 7.82 Å². The van der Waals surface area contributed by atoms with Gasteiger partial charge in [-0.25, -0.2) is 4.57 Å². The highest BCUT2D eigenvalue weighted by Crippen LogP contribution is 2.38. The molecule has 0 aliphatic carbocycles. The lowest BCUT2D eigenvalue weighted by Crippen LogP contribution is -2.66. The molecule has 3 aliphatic rings. The van der Waals surface area contributed by atoms with E-state index in [1.807, 2.05) is 53.8 Å². The molecule has 3 saturated heterocycles. The summed E-state index contributed by atoms with van der Waals surface area (Å²) >= 11 is 0. The molecule has 3 fully saturated rings. The number of benzene rings is 4. The summed E-state index contributed by atoms with van der Waals surface area (Å²) in [5.74, 6) is -9.74. The maximum absolute atomic E-state index is 14.5. The summed E-state index contributed by atoms with van der Waals surface area (Å²) in [6.45, 7) is 5.15. The standard InChI is InChI=1S/C57H72N7O20P/c1-5-6-7-24-83-38-20-16-34(17-21-38)32-10-8-31(9-11-32)33-12-14-36(15-13-33)50(72)60-44-49(71)55(77)62-54(76)45-46(68)28(2)26-64(45)57(79)42(30(4)66)59-52(74)43(48(70)47(69)35-18-22-39(23-19-35)84-85(80,81)82)61-51(73)40-25-37(67)27-63(40)56(78)41(29(3)65)58-53(44)75/h8-23,28-30,37,40-49,55,65-71,77H,5-7,24-27H2,1-4H3,(H,58,75)(H,59,74)(H,60,72)(H,61,73)(H,62,76)(H2,80,81,82)/t28-,29?,30?,37+,40?,41-,42-,43-,44+,45-,46-,47-,48-,49-,55+/m0/s1. The quantitative estimate of drug-likeness (QED) is 0.0446. The number of carbonyl (C=O) groups is 7. The number of phosphoric ester groups is 1. The van der Waals surface area contributed by atoms with Crippen molar-refractivity contribution in [3.05, 3.63) is 108 Å². The Bertz CT molecular complexity index is 3060. The Morgan fingerprint density at radius 2 is 1.14 bits per heavy atom. The Kier molecular flexibility index (Phi) is 21.6. The van der Waals surface area contributed by atoms with Crippen LogP contribution >= 0.6 is 7.82 Å². The average molecular weight is 1210 g/mol. The van der Waals surface area contributed by atoms with Gasteiger partial charge in [-0.15, -0.1) is 0 Å². The molecule has 15 N–H and O–H groups in total. The number of hydrogen-bond acceptors (Lipinski definition) is 18. The predicted octanol–water partition coefficient (Wildman–Crippen LogP) is -1.55. The van der Waals surface area contributed by atoms with E-state index in [1.54, 1.807) is 12.1 Å². The first-order valence-corrected chi connectivity index (χ1v) is 29.1. The van der Waals surface area contributed by atoms with E-state index in [4.69, 9.17) is 4.74 Å². The van der Waals surface area contributed by atoms with Crippen molar-refractivity contribution >= 4 is 49.2 Å². The second-order valence-corrected chi connectivity index (χ2v) is 22.6. The van der Waals surface area contributed by atoms with Crippen LogP contribution in [0.2, 0.25) is 0 Å². The van der Waals surface area contributed by atoms with Gasteiger partial charge in [0.2, 0.25) is 35.4 Å². The zero-order chi connectivity index (χ0) is 62.2. The van der Waals surface area contributed by atoms with Crippen molar-refractivity contribution in [2.24, 2.45) is 5.92 Å². The third-order valence-corrected chi connectivity index (χ3v) is 15.5.